The Balaban J connectivity index is 1.42. The minimum atomic E-state index is 1.10. The quantitative estimate of drug-likeness (QED) is 0.170. The number of benzene rings is 8. The fraction of sp³-hybridized carbons (Fsp3) is 0. The monoisotopic (exact) mass is 644 g/mol. The third-order valence-corrected chi connectivity index (χ3v) is 10.4. The van der Waals surface area contributed by atoms with E-state index in [0.717, 1.165) is 34.1 Å². The molecule has 1 aromatic heterocycles. The maximum absolute atomic E-state index is 2.44. The molecule has 0 bridgehead atoms. The number of nitrogens with zero attached hydrogens (tertiary/aromatic N) is 2. The van der Waals surface area contributed by atoms with Gasteiger partial charge in [-0.1, -0.05) is 133 Å². The van der Waals surface area contributed by atoms with Gasteiger partial charge in [-0.3, -0.25) is 0 Å². The Morgan fingerprint density at radius 1 is 0.367 bits per heavy atom. The summed E-state index contributed by atoms with van der Waals surface area (Å²) in [5.41, 5.74) is 9.03. The van der Waals surface area contributed by atoms with Gasteiger partial charge in [-0.15, -0.1) is 11.3 Å². The fourth-order valence-electron chi connectivity index (χ4n) is 6.97. The molecule has 0 radical (unpaired) electrons. The minimum absolute atomic E-state index is 1.10. The zero-order valence-electron chi connectivity index (χ0n) is 26.8. The third-order valence-electron chi connectivity index (χ3n) is 9.20. The Morgan fingerprint density at radius 3 is 1.51 bits per heavy atom. The first-order chi connectivity index (χ1) is 24.3. The molecule has 8 aromatic carbocycles. The first-order valence-electron chi connectivity index (χ1n) is 16.6. The average molecular weight is 645 g/mol. The van der Waals surface area contributed by atoms with Crippen molar-refractivity contribution in [1.29, 1.82) is 0 Å². The van der Waals surface area contributed by atoms with E-state index < -0.39 is 0 Å². The van der Waals surface area contributed by atoms with E-state index >= 15 is 0 Å². The summed E-state index contributed by atoms with van der Waals surface area (Å²) in [6, 6.07) is 69.8. The van der Waals surface area contributed by atoms with Crippen molar-refractivity contribution in [2.24, 2.45) is 0 Å². The number of hydrogen-bond donors (Lipinski definition) is 0. The van der Waals surface area contributed by atoms with Crippen molar-refractivity contribution in [2.45, 2.75) is 0 Å². The molecule has 0 aliphatic carbocycles. The van der Waals surface area contributed by atoms with Crippen molar-refractivity contribution in [2.75, 3.05) is 9.80 Å². The molecule has 0 spiro atoms. The van der Waals surface area contributed by atoms with E-state index in [1.165, 1.54) is 42.1 Å². The lowest BCUT2D eigenvalue weighted by Crippen LogP contribution is -2.17. The van der Waals surface area contributed by atoms with E-state index in [0.29, 0.717) is 0 Å². The van der Waals surface area contributed by atoms with Crippen molar-refractivity contribution >= 4 is 76.4 Å². The van der Waals surface area contributed by atoms with Gasteiger partial charge in [0.2, 0.25) is 0 Å². The molecular formula is C46H32N2S. The van der Waals surface area contributed by atoms with Crippen LogP contribution < -0.4 is 9.80 Å². The van der Waals surface area contributed by atoms with Gasteiger partial charge in [-0.05, 0) is 77.0 Å². The molecule has 0 aliphatic heterocycles. The summed E-state index contributed by atoms with van der Waals surface area (Å²) in [4.78, 5) is 4.88. The molecule has 0 saturated carbocycles. The summed E-state index contributed by atoms with van der Waals surface area (Å²) in [6.07, 6.45) is 0. The molecule has 0 N–H and O–H groups in total. The maximum Gasteiger partial charge on any atom is 0.0883 e. The van der Waals surface area contributed by atoms with E-state index in [9.17, 15) is 0 Å². The summed E-state index contributed by atoms with van der Waals surface area (Å²) in [5, 5.41) is 5.05. The first kappa shape index (κ1) is 29.0. The topological polar surface area (TPSA) is 6.48 Å². The van der Waals surface area contributed by atoms with Crippen LogP contribution in [-0.4, -0.2) is 0 Å². The number of fused-ring (bicyclic) bond motifs is 4. The average Bonchev–Trinajstić information content (AvgIpc) is 3.54. The molecule has 9 rings (SSSR count). The van der Waals surface area contributed by atoms with E-state index in [1.807, 2.05) is 11.3 Å². The predicted molar refractivity (Wildman–Crippen MR) is 212 cm³/mol. The van der Waals surface area contributed by atoms with E-state index in [1.54, 1.807) is 0 Å². The lowest BCUT2D eigenvalue weighted by Gasteiger charge is -2.34. The maximum atomic E-state index is 2.44. The van der Waals surface area contributed by atoms with Crippen LogP contribution in [0.25, 0.3) is 42.1 Å². The zero-order valence-corrected chi connectivity index (χ0v) is 27.6. The molecule has 0 aliphatic rings. The summed E-state index contributed by atoms with van der Waals surface area (Å²) in [6.45, 7) is 0. The summed E-state index contributed by atoms with van der Waals surface area (Å²) >= 11 is 1.87. The Kier molecular flexibility index (Phi) is 7.38. The first-order valence-corrected chi connectivity index (χ1v) is 17.4. The van der Waals surface area contributed by atoms with E-state index in [-0.39, 0.29) is 0 Å². The van der Waals surface area contributed by atoms with Crippen LogP contribution in [0.4, 0.5) is 34.1 Å². The molecule has 0 unspecified atom stereocenters. The van der Waals surface area contributed by atoms with Crippen LogP contribution in [0.1, 0.15) is 0 Å². The van der Waals surface area contributed by atoms with E-state index in [4.69, 9.17) is 0 Å². The largest absolute Gasteiger partial charge is 0.308 e. The Morgan fingerprint density at radius 2 is 0.878 bits per heavy atom. The van der Waals surface area contributed by atoms with Gasteiger partial charge >= 0.3 is 0 Å². The third kappa shape index (κ3) is 5.22. The Labute approximate surface area is 290 Å². The van der Waals surface area contributed by atoms with Crippen LogP contribution in [0.5, 0.6) is 0 Å². The standard InChI is InChI=1S/C46H32N2S/c1-5-17-33(18-6-1)39-27-15-16-28-42(39)48(38-25-11-4-12-26-38)43-30-29-40-41-31-34-19-13-14-20-35(34)32-44(41)49-46(40)45(43)47(36-21-7-2-8-22-36)37-23-9-3-10-24-37/h1-32H. The molecule has 9 aromatic rings. The number of thiophene rings is 1. The van der Waals surface area contributed by atoms with Gasteiger partial charge in [0.25, 0.3) is 0 Å². The van der Waals surface area contributed by atoms with Gasteiger partial charge in [-0.25, -0.2) is 0 Å². The lowest BCUT2D eigenvalue weighted by atomic mass is 10.0. The fourth-order valence-corrected chi connectivity index (χ4v) is 8.24. The highest BCUT2D eigenvalue weighted by Crippen LogP contribution is 2.53. The van der Waals surface area contributed by atoms with Crippen molar-refractivity contribution in [1.82, 2.24) is 0 Å². The van der Waals surface area contributed by atoms with Crippen LogP contribution in [0.2, 0.25) is 0 Å². The van der Waals surface area contributed by atoms with Gasteiger partial charge in [0.1, 0.15) is 0 Å². The smallest absolute Gasteiger partial charge is 0.0883 e. The Hall–Kier alpha value is -6.16. The van der Waals surface area contributed by atoms with Crippen LogP contribution in [0.3, 0.4) is 0 Å². The second-order valence-corrected chi connectivity index (χ2v) is 13.2. The number of hydrogen-bond acceptors (Lipinski definition) is 3. The van der Waals surface area contributed by atoms with Crippen LogP contribution in [-0.2, 0) is 0 Å². The van der Waals surface area contributed by atoms with Crippen LogP contribution >= 0.6 is 11.3 Å². The molecule has 49 heavy (non-hydrogen) atoms. The van der Waals surface area contributed by atoms with Gasteiger partial charge in [0.05, 0.1) is 21.8 Å². The highest BCUT2D eigenvalue weighted by molar-refractivity contribution is 7.26. The number of anilines is 6. The van der Waals surface area contributed by atoms with Gasteiger partial charge in [0, 0.05) is 38.1 Å². The second kappa shape index (κ2) is 12.5. The second-order valence-electron chi connectivity index (χ2n) is 12.2. The SMILES string of the molecule is c1ccc(-c2ccccc2N(c2ccccc2)c2ccc3c(sc4cc5ccccc5cc43)c2N(c2ccccc2)c2ccccc2)cc1. The molecule has 0 fully saturated rings. The van der Waals surface area contributed by atoms with Crippen molar-refractivity contribution in [3.63, 3.8) is 0 Å². The minimum Gasteiger partial charge on any atom is -0.308 e. The normalized spacial score (nSPS) is 11.3. The molecule has 0 atom stereocenters. The zero-order chi connectivity index (χ0) is 32.6. The van der Waals surface area contributed by atoms with Crippen LogP contribution in [0, 0.1) is 0 Å². The van der Waals surface area contributed by atoms with Crippen molar-refractivity contribution in [3.05, 3.63) is 194 Å². The van der Waals surface area contributed by atoms with Crippen molar-refractivity contribution in [3.8, 4) is 11.1 Å². The molecule has 0 saturated heterocycles. The lowest BCUT2D eigenvalue weighted by molar-refractivity contribution is 1.24. The highest BCUT2D eigenvalue weighted by atomic mass is 32.1. The molecular weight excluding hydrogens is 613 g/mol. The van der Waals surface area contributed by atoms with Gasteiger partial charge in [0.15, 0.2) is 0 Å². The Bertz CT molecular complexity index is 2500. The summed E-state index contributed by atoms with van der Waals surface area (Å²) in [7, 11) is 0. The van der Waals surface area contributed by atoms with Gasteiger partial charge < -0.3 is 9.80 Å². The molecule has 2 nitrogen and oxygen atoms in total. The molecule has 3 heteroatoms. The number of rotatable bonds is 7. The highest BCUT2D eigenvalue weighted by Gasteiger charge is 2.27. The molecule has 232 valence electrons. The van der Waals surface area contributed by atoms with E-state index in [2.05, 4.69) is 204 Å². The van der Waals surface area contributed by atoms with Crippen molar-refractivity contribution < 1.29 is 0 Å². The number of para-hydroxylation sites is 4. The predicted octanol–water partition coefficient (Wildman–Crippen LogP) is 13.8. The molecule has 1 heterocycles. The summed E-state index contributed by atoms with van der Waals surface area (Å²) in [5.74, 6) is 0. The van der Waals surface area contributed by atoms with Crippen LogP contribution in [0.15, 0.2) is 194 Å². The molecule has 0 amide bonds. The summed E-state index contributed by atoms with van der Waals surface area (Å²) < 4.78 is 2.53. The van der Waals surface area contributed by atoms with Gasteiger partial charge in [-0.2, -0.15) is 0 Å².